The van der Waals surface area contributed by atoms with E-state index in [1.165, 1.54) is 57.8 Å². The van der Waals surface area contributed by atoms with E-state index < -0.39 is 0 Å². The van der Waals surface area contributed by atoms with E-state index in [0.29, 0.717) is 19.4 Å². The average molecular weight is 667 g/mol. The summed E-state index contributed by atoms with van der Waals surface area (Å²) in [5, 5.41) is 3.05. The van der Waals surface area contributed by atoms with Gasteiger partial charge in [0.15, 0.2) is 0 Å². The largest absolute Gasteiger partial charge is 0.466 e. The molecular formula is C40H78N2O5. The molecule has 0 fully saturated rings. The summed E-state index contributed by atoms with van der Waals surface area (Å²) >= 11 is 0. The van der Waals surface area contributed by atoms with Crippen LogP contribution in [-0.4, -0.2) is 61.6 Å². The van der Waals surface area contributed by atoms with Gasteiger partial charge < -0.3 is 19.7 Å². The van der Waals surface area contributed by atoms with Crippen molar-refractivity contribution in [2.45, 2.75) is 201 Å². The zero-order chi connectivity index (χ0) is 34.8. The Hall–Kier alpha value is -1.63. The quantitative estimate of drug-likeness (QED) is 0.0535. The number of carbonyl (C=O) groups excluding carboxylic acids is 3. The summed E-state index contributed by atoms with van der Waals surface area (Å²) < 4.78 is 11.2. The van der Waals surface area contributed by atoms with Gasteiger partial charge in [-0.15, -0.1) is 0 Å². The van der Waals surface area contributed by atoms with Crippen LogP contribution in [0.3, 0.4) is 0 Å². The molecule has 7 heteroatoms. The molecule has 0 bridgehead atoms. The molecule has 0 heterocycles. The number of nitrogens with zero attached hydrogens (tertiary/aromatic N) is 1. The highest BCUT2D eigenvalue weighted by Gasteiger charge is 2.14. The lowest BCUT2D eigenvalue weighted by molar-refractivity contribution is -0.150. The molecule has 1 N–H and O–H groups in total. The Bertz CT molecular complexity index is 729. The fraction of sp³-hybridized carbons (Fsp3) is 0.925. The molecule has 0 aromatic heterocycles. The van der Waals surface area contributed by atoms with E-state index in [4.69, 9.17) is 9.47 Å². The molecule has 0 saturated heterocycles. The first-order chi connectivity index (χ1) is 22.8. The van der Waals surface area contributed by atoms with Gasteiger partial charge in [-0.3, -0.25) is 14.4 Å². The molecule has 1 atom stereocenters. The van der Waals surface area contributed by atoms with E-state index in [0.717, 1.165) is 116 Å². The van der Waals surface area contributed by atoms with Crippen molar-refractivity contribution in [2.24, 2.45) is 5.92 Å². The number of hydrogen-bond acceptors (Lipinski definition) is 6. The van der Waals surface area contributed by atoms with Crippen LogP contribution < -0.4 is 5.32 Å². The number of rotatable bonds is 35. The third-order valence-corrected chi connectivity index (χ3v) is 9.00. The van der Waals surface area contributed by atoms with Gasteiger partial charge >= 0.3 is 11.9 Å². The minimum atomic E-state index is -0.0370. The molecular weight excluding hydrogens is 588 g/mol. The van der Waals surface area contributed by atoms with E-state index in [-0.39, 0.29) is 29.9 Å². The van der Waals surface area contributed by atoms with Crippen LogP contribution >= 0.6 is 0 Å². The summed E-state index contributed by atoms with van der Waals surface area (Å²) in [5.74, 6) is 0.111. The van der Waals surface area contributed by atoms with Crippen LogP contribution in [0.2, 0.25) is 0 Å². The van der Waals surface area contributed by atoms with Gasteiger partial charge in [0.25, 0.3) is 0 Å². The van der Waals surface area contributed by atoms with Crippen molar-refractivity contribution >= 4 is 17.8 Å². The van der Waals surface area contributed by atoms with Gasteiger partial charge in [-0.25, -0.2) is 0 Å². The van der Waals surface area contributed by atoms with Crippen LogP contribution in [-0.2, 0) is 23.9 Å². The van der Waals surface area contributed by atoms with Gasteiger partial charge in [-0.2, -0.15) is 0 Å². The number of nitrogens with one attached hydrogen (secondary N) is 1. The number of esters is 2. The Kier molecular flexibility index (Phi) is 33.1. The van der Waals surface area contributed by atoms with E-state index in [2.05, 4.69) is 31.0 Å². The highest BCUT2D eigenvalue weighted by atomic mass is 16.5. The first-order valence-corrected chi connectivity index (χ1v) is 20.2. The molecule has 0 aliphatic carbocycles. The Morgan fingerprint density at radius 2 is 1.04 bits per heavy atom. The van der Waals surface area contributed by atoms with Gasteiger partial charge in [0.1, 0.15) is 6.10 Å². The molecule has 0 aliphatic heterocycles. The van der Waals surface area contributed by atoms with Gasteiger partial charge in [-0.05, 0) is 77.4 Å². The first-order valence-electron chi connectivity index (χ1n) is 20.2. The fourth-order valence-electron chi connectivity index (χ4n) is 5.85. The van der Waals surface area contributed by atoms with Crippen molar-refractivity contribution in [1.82, 2.24) is 10.2 Å². The Morgan fingerprint density at radius 1 is 0.553 bits per heavy atom. The first kappa shape index (κ1) is 45.4. The van der Waals surface area contributed by atoms with Crippen LogP contribution in [0, 0.1) is 5.92 Å². The summed E-state index contributed by atoms with van der Waals surface area (Å²) in [7, 11) is 0. The fourth-order valence-corrected chi connectivity index (χ4v) is 5.85. The predicted octanol–water partition coefficient (Wildman–Crippen LogP) is 10.3. The van der Waals surface area contributed by atoms with E-state index >= 15 is 0 Å². The minimum Gasteiger partial charge on any atom is -0.466 e. The number of unbranched alkanes of at least 4 members (excludes halogenated alkanes) is 15. The maximum atomic E-state index is 12.4. The molecule has 7 nitrogen and oxygen atoms in total. The lowest BCUT2D eigenvalue weighted by Gasteiger charge is -2.22. The van der Waals surface area contributed by atoms with E-state index in [1.807, 2.05) is 13.8 Å². The summed E-state index contributed by atoms with van der Waals surface area (Å²) in [6, 6.07) is 0. The SMILES string of the molecule is CCCCCCCOC(=O)CCCCCCCN(CCCCCCCC(=O)OC(CCCC)CCCCC)CCCNC(=O)C(C)C. The molecule has 278 valence electrons. The molecule has 0 rings (SSSR count). The monoisotopic (exact) mass is 667 g/mol. The highest BCUT2D eigenvalue weighted by molar-refractivity contribution is 5.77. The lowest BCUT2D eigenvalue weighted by atomic mass is 10.1. The van der Waals surface area contributed by atoms with Crippen LogP contribution in [0.4, 0.5) is 0 Å². The molecule has 0 radical (unpaired) electrons. The Labute approximate surface area is 291 Å². The van der Waals surface area contributed by atoms with Crippen molar-refractivity contribution in [3.63, 3.8) is 0 Å². The van der Waals surface area contributed by atoms with Crippen molar-refractivity contribution in [3.8, 4) is 0 Å². The molecule has 1 amide bonds. The summed E-state index contributed by atoms with van der Waals surface area (Å²) in [6.07, 6.45) is 26.9. The second kappa shape index (κ2) is 34.2. The third-order valence-electron chi connectivity index (χ3n) is 9.00. The number of carbonyl (C=O) groups is 3. The molecule has 0 spiro atoms. The predicted molar refractivity (Wildman–Crippen MR) is 198 cm³/mol. The Balaban J connectivity index is 4.22. The molecule has 47 heavy (non-hydrogen) atoms. The minimum absolute atomic E-state index is 0.00793. The summed E-state index contributed by atoms with van der Waals surface area (Å²) in [5.41, 5.74) is 0. The molecule has 0 saturated carbocycles. The molecule has 0 aromatic rings. The van der Waals surface area contributed by atoms with Crippen LogP contribution in [0.1, 0.15) is 195 Å². The van der Waals surface area contributed by atoms with Gasteiger partial charge in [0.05, 0.1) is 6.61 Å². The normalized spacial score (nSPS) is 12.1. The van der Waals surface area contributed by atoms with Crippen molar-refractivity contribution in [2.75, 3.05) is 32.8 Å². The molecule has 0 aromatic carbocycles. The maximum Gasteiger partial charge on any atom is 0.306 e. The topological polar surface area (TPSA) is 84.9 Å². The van der Waals surface area contributed by atoms with Gasteiger partial charge in [0, 0.05) is 25.3 Å². The lowest BCUT2D eigenvalue weighted by Crippen LogP contribution is -2.33. The number of amides is 1. The zero-order valence-corrected chi connectivity index (χ0v) is 31.9. The maximum absolute atomic E-state index is 12.4. The number of ether oxygens (including phenoxy) is 2. The van der Waals surface area contributed by atoms with E-state index in [9.17, 15) is 14.4 Å². The Morgan fingerprint density at radius 3 is 1.66 bits per heavy atom. The van der Waals surface area contributed by atoms with Crippen LogP contribution in [0.5, 0.6) is 0 Å². The van der Waals surface area contributed by atoms with Gasteiger partial charge in [-0.1, -0.05) is 125 Å². The van der Waals surface area contributed by atoms with E-state index in [1.54, 1.807) is 0 Å². The third kappa shape index (κ3) is 31.4. The van der Waals surface area contributed by atoms with Crippen molar-refractivity contribution < 1.29 is 23.9 Å². The van der Waals surface area contributed by atoms with Crippen LogP contribution in [0.15, 0.2) is 0 Å². The number of hydrogen-bond donors (Lipinski definition) is 1. The van der Waals surface area contributed by atoms with Gasteiger partial charge in [0.2, 0.25) is 5.91 Å². The summed E-state index contributed by atoms with van der Waals surface area (Å²) in [4.78, 5) is 38.9. The molecule has 1 unspecified atom stereocenters. The summed E-state index contributed by atoms with van der Waals surface area (Å²) in [6.45, 7) is 15.0. The average Bonchev–Trinajstić information content (AvgIpc) is 3.05. The standard InChI is InChI=1S/C40H78N2O5/c1-6-9-12-19-25-35-46-38(43)29-21-15-13-17-23-32-42(34-26-31-41-40(45)36(4)5)33-24-18-14-16-22-30-39(44)47-37(27-11-8-3)28-20-10-7-2/h36-37H,6-35H2,1-5H3,(H,41,45). The zero-order valence-electron chi connectivity index (χ0n) is 31.9. The van der Waals surface area contributed by atoms with Crippen molar-refractivity contribution in [3.05, 3.63) is 0 Å². The highest BCUT2D eigenvalue weighted by Crippen LogP contribution is 2.16. The van der Waals surface area contributed by atoms with Crippen LogP contribution in [0.25, 0.3) is 0 Å². The molecule has 0 aliphatic rings. The second-order valence-electron chi connectivity index (χ2n) is 14.1. The smallest absolute Gasteiger partial charge is 0.306 e. The second-order valence-corrected chi connectivity index (χ2v) is 14.1. The van der Waals surface area contributed by atoms with Crippen molar-refractivity contribution in [1.29, 1.82) is 0 Å².